The van der Waals surface area contributed by atoms with E-state index in [9.17, 15) is 5.26 Å². The van der Waals surface area contributed by atoms with Gasteiger partial charge in [-0.3, -0.25) is 9.13 Å². The first-order valence-corrected chi connectivity index (χ1v) is 29.1. The molecule has 6 nitrogen and oxygen atoms in total. The van der Waals surface area contributed by atoms with E-state index in [0.29, 0.717) is 22.9 Å². The fourth-order valence-electron chi connectivity index (χ4n) is 14.0. The van der Waals surface area contributed by atoms with Crippen LogP contribution in [0.2, 0.25) is 0 Å². The van der Waals surface area contributed by atoms with Gasteiger partial charge in [0.25, 0.3) is 0 Å². The minimum atomic E-state index is 0.507. The molecule has 0 aliphatic heterocycles. The molecule has 0 atom stereocenters. The van der Waals surface area contributed by atoms with E-state index < -0.39 is 0 Å². The van der Waals surface area contributed by atoms with Gasteiger partial charge in [0.2, 0.25) is 0 Å². The molecule has 6 heteroatoms. The Balaban J connectivity index is 1.09. The lowest BCUT2D eigenvalue weighted by Gasteiger charge is -2.25. The predicted molar refractivity (Wildman–Crippen MR) is 348 cm³/mol. The third kappa shape index (κ3) is 7.25. The van der Waals surface area contributed by atoms with Gasteiger partial charge in [-0.2, -0.15) is 5.26 Å². The van der Waals surface area contributed by atoms with Crippen LogP contribution in [-0.2, 0) is 12.8 Å². The quantitative estimate of drug-likeness (QED) is 0.152. The molecule has 2 aliphatic rings. The molecule has 2 aliphatic carbocycles. The summed E-state index contributed by atoms with van der Waals surface area (Å²) in [5, 5.41) is 19.4. The Bertz CT molecular complexity index is 5010. The van der Waals surface area contributed by atoms with Crippen molar-refractivity contribution in [3.05, 3.63) is 283 Å². The molecule has 0 N–H and O–H groups in total. The first-order valence-electron chi connectivity index (χ1n) is 29.1. The molecular weight excluding hydrogens is 1020 g/mol. The van der Waals surface area contributed by atoms with E-state index in [4.69, 9.17) is 4.98 Å². The molecule has 0 saturated carbocycles. The number of pyridine rings is 1. The van der Waals surface area contributed by atoms with Crippen LogP contribution in [0.25, 0.3) is 145 Å². The summed E-state index contributed by atoms with van der Waals surface area (Å²) in [5.41, 5.74) is 21.8. The zero-order valence-electron chi connectivity index (χ0n) is 45.9. The van der Waals surface area contributed by atoms with E-state index in [1.807, 2.05) is 0 Å². The SMILES string of the molecule is N#Cc1c(-n2c3ccc(-c4ccccc4)cc3c3cc(-c4ccccc4)ccc32)c(-n2c3c(c4c2C=CCC4)CCC=C3)nc(-n2c3ccc(-c4ccccc4)cc3c3cc(-c4ccccc4)ccc32)c1-n1c2ccccc2c2ccccc21. The van der Waals surface area contributed by atoms with Gasteiger partial charge in [0, 0.05) is 32.3 Å². The number of nitriles is 1. The predicted octanol–water partition coefficient (Wildman–Crippen LogP) is 19.6. The lowest BCUT2D eigenvalue weighted by atomic mass is 9.94. The lowest BCUT2D eigenvalue weighted by molar-refractivity contribution is 0.896. The van der Waals surface area contributed by atoms with Crippen LogP contribution in [0.1, 0.15) is 40.9 Å². The van der Waals surface area contributed by atoms with Gasteiger partial charge in [0.15, 0.2) is 11.6 Å². The van der Waals surface area contributed by atoms with Gasteiger partial charge in [0.05, 0.1) is 44.5 Å². The zero-order valence-corrected chi connectivity index (χ0v) is 45.9. The lowest BCUT2D eigenvalue weighted by Crippen LogP contribution is -2.18. The standard InChI is InChI=1S/C78H52N6/c79-49-66-75(81-67-33-17-13-29-58(67)59-30-14-18-34-68(59)81)78(84-73-43-39-56(52-25-9-3-10-26-52)47-64(73)65-48-57(40-44-74(65)84)53-27-11-4-12-28-53)80-77(83-69-35-19-15-31-60(69)61-32-16-20-36-70(61)83)76(66)82-71-41-37-54(50-21-5-1-6-22-50)45-62(71)63-46-55(38-42-72(63)82)51-23-7-2-8-24-51/h1-14,17-30,33-48H,15-16,31-32H2. The van der Waals surface area contributed by atoms with Crippen molar-refractivity contribution in [1.82, 2.24) is 23.3 Å². The normalized spacial score (nSPS) is 12.9. The van der Waals surface area contributed by atoms with Crippen molar-refractivity contribution < 1.29 is 0 Å². The van der Waals surface area contributed by atoms with Crippen LogP contribution in [0, 0.1) is 11.3 Å². The van der Waals surface area contributed by atoms with Crippen LogP contribution in [0.5, 0.6) is 0 Å². The smallest absolute Gasteiger partial charge is 0.166 e. The molecule has 15 aromatic rings. The summed E-state index contributed by atoms with van der Waals surface area (Å²) in [4.78, 5) is 6.38. The summed E-state index contributed by atoms with van der Waals surface area (Å²) < 4.78 is 9.48. The summed E-state index contributed by atoms with van der Waals surface area (Å²) >= 11 is 0. The summed E-state index contributed by atoms with van der Waals surface area (Å²) in [6.07, 6.45) is 13.0. The zero-order chi connectivity index (χ0) is 55.4. The molecule has 0 bridgehead atoms. The van der Waals surface area contributed by atoms with Gasteiger partial charge in [-0.25, -0.2) is 4.98 Å². The molecule has 0 unspecified atom stereocenters. The molecule has 0 saturated heterocycles. The Morgan fingerprint density at radius 1 is 0.310 bits per heavy atom. The van der Waals surface area contributed by atoms with E-state index >= 15 is 0 Å². The minimum absolute atomic E-state index is 0.507. The second-order valence-corrected chi connectivity index (χ2v) is 22.3. The average Bonchev–Trinajstić information content (AvgIpc) is 1.63. The average molecular weight is 1070 g/mol. The van der Waals surface area contributed by atoms with Crippen molar-refractivity contribution in [2.24, 2.45) is 0 Å². The van der Waals surface area contributed by atoms with Gasteiger partial charge < -0.3 is 9.13 Å². The molecule has 10 aromatic carbocycles. The molecular formula is C78H52N6. The van der Waals surface area contributed by atoms with Crippen molar-refractivity contribution in [2.45, 2.75) is 25.7 Å². The summed E-state index contributed by atoms with van der Waals surface area (Å²) in [6, 6.07) is 90.3. The fourth-order valence-corrected chi connectivity index (χ4v) is 14.0. The maximum absolute atomic E-state index is 12.9. The Labute approximate surface area is 485 Å². The Morgan fingerprint density at radius 3 is 1.00 bits per heavy atom. The number of allylic oxidation sites excluding steroid dienone is 2. The number of nitrogens with zero attached hydrogens (tertiary/aromatic N) is 6. The molecule has 0 fully saturated rings. The van der Waals surface area contributed by atoms with Gasteiger partial charge in [-0.05, 0) is 154 Å². The highest BCUT2D eigenvalue weighted by Gasteiger charge is 2.34. The second kappa shape index (κ2) is 19.1. The maximum Gasteiger partial charge on any atom is 0.166 e. The minimum Gasteiger partial charge on any atom is -0.305 e. The molecule has 5 aromatic heterocycles. The van der Waals surface area contributed by atoms with Crippen LogP contribution < -0.4 is 0 Å². The van der Waals surface area contributed by atoms with E-state index in [1.54, 1.807) is 0 Å². The third-order valence-electron chi connectivity index (χ3n) is 17.8. The number of aromatic nitrogens is 5. The number of fused-ring (bicyclic) bond motifs is 12. The summed E-state index contributed by atoms with van der Waals surface area (Å²) in [7, 11) is 0. The highest BCUT2D eigenvalue weighted by molar-refractivity contribution is 6.15. The third-order valence-corrected chi connectivity index (χ3v) is 17.8. The number of rotatable bonds is 8. The molecule has 0 spiro atoms. The van der Waals surface area contributed by atoms with Crippen LogP contribution in [-0.4, -0.2) is 23.3 Å². The number of benzene rings is 10. The van der Waals surface area contributed by atoms with E-state index in [-0.39, 0.29) is 0 Å². The van der Waals surface area contributed by atoms with E-state index in [2.05, 4.69) is 291 Å². The Morgan fingerprint density at radius 2 is 0.631 bits per heavy atom. The van der Waals surface area contributed by atoms with Gasteiger partial charge in [-0.15, -0.1) is 0 Å². The first kappa shape index (κ1) is 47.8. The second-order valence-electron chi connectivity index (χ2n) is 22.3. The molecule has 0 radical (unpaired) electrons. The molecule has 5 heterocycles. The van der Waals surface area contributed by atoms with Crippen LogP contribution >= 0.6 is 0 Å². The maximum atomic E-state index is 12.9. The Kier molecular flexibility index (Phi) is 10.8. The van der Waals surface area contributed by atoms with Crippen molar-refractivity contribution in [1.29, 1.82) is 5.26 Å². The fraction of sp³-hybridized carbons (Fsp3) is 0.0513. The molecule has 394 valence electrons. The topological polar surface area (TPSA) is 56.4 Å². The monoisotopic (exact) mass is 1070 g/mol. The van der Waals surface area contributed by atoms with E-state index in [1.165, 1.54) is 11.1 Å². The Hall–Kier alpha value is -11.0. The van der Waals surface area contributed by atoms with Gasteiger partial charge in [0.1, 0.15) is 23.0 Å². The van der Waals surface area contributed by atoms with Gasteiger partial charge in [-0.1, -0.05) is 194 Å². The molecule has 17 rings (SSSR count). The molecule has 0 amide bonds. The van der Waals surface area contributed by atoms with Crippen LogP contribution in [0.3, 0.4) is 0 Å². The van der Waals surface area contributed by atoms with Crippen molar-refractivity contribution in [3.8, 4) is 73.6 Å². The van der Waals surface area contributed by atoms with Crippen molar-refractivity contribution in [3.63, 3.8) is 0 Å². The molecule has 84 heavy (non-hydrogen) atoms. The van der Waals surface area contributed by atoms with Gasteiger partial charge >= 0.3 is 0 Å². The van der Waals surface area contributed by atoms with Crippen molar-refractivity contribution >= 4 is 77.6 Å². The summed E-state index contributed by atoms with van der Waals surface area (Å²) in [6.45, 7) is 0. The van der Waals surface area contributed by atoms with Crippen LogP contribution in [0.4, 0.5) is 0 Å². The van der Waals surface area contributed by atoms with Crippen LogP contribution in [0.15, 0.2) is 255 Å². The first-order chi connectivity index (χ1) is 41.7. The van der Waals surface area contributed by atoms with Crippen molar-refractivity contribution in [2.75, 3.05) is 0 Å². The largest absolute Gasteiger partial charge is 0.305 e. The highest BCUT2D eigenvalue weighted by Crippen LogP contribution is 2.47. The highest BCUT2D eigenvalue weighted by atomic mass is 15.2. The number of hydrogen-bond acceptors (Lipinski definition) is 2. The summed E-state index contributed by atoms with van der Waals surface area (Å²) in [5.74, 6) is 1.35. The van der Waals surface area contributed by atoms with E-state index in [0.717, 1.165) is 153 Å². The number of hydrogen-bond donors (Lipinski definition) is 0. The number of para-hydroxylation sites is 2.